The molecule has 1 unspecified atom stereocenters. The van der Waals surface area contributed by atoms with E-state index in [0.717, 1.165) is 25.1 Å². The van der Waals surface area contributed by atoms with E-state index in [0.29, 0.717) is 6.04 Å². The first kappa shape index (κ1) is 10.6. The van der Waals surface area contributed by atoms with Gasteiger partial charge in [-0.3, -0.25) is 4.98 Å². The molecular weight excluding hydrogens is 188 g/mol. The molecule has 0 radical (unpaired) electrons. The number of pyridine rings is 1. The third-order valence-corrected chi connectivity index (χ3v) is 2.68. The van der Waals surface area contributed by atoms with Gasteiger partial charge in [0, 0.05) is 24.5 Å². The lowest BCUT2D eigenvalue weighted by molar-refractivity contribution is 0.161. The third-order valence-electron chi connectivity index (χ3n) is 2.68. The Morgan fingerprint density at radius 2 is 2.33 bits per heavy atom. The van der Waals surface area contributed by atoms with Gasteiger partial charge in [-0.1, -0.05) is 6.07 Å². The molecule has 0 amide bonds. The number of aromatic nitrogens is 1. The van der Waals surface area contributed by atoms with Gasteiger partial charge >= 0.3 is 0 Å². The lowest BCUT2D eigenvalue weighted by Gasteiger charge is -2.10. The monoisotopic (exact) mass is 206 g/mol. The predicted octanol–water partition coefficient (Wildman–Crippen LogP) is 1.13. The Labute approximate surface area is 90.5 Å². The maximum atomic E-state index is 9.70. The molecule has 1 aliphatic carbocycles. The Balaban J connectivity index is 1.63. The lowest BCUT2D eigenvalue weighted by atomic mass is 10.1. The first-order valence-corrected chi connectivity index (χ1v) is 5.66. The van der Waals surface area contributed by atoms with E-state index in [9.17, 15) is 5.11 Å². The van der Waals surface area contributed by atoms with Gasteiger partial charge in [0.15, 0.2) is 0 Å². The molecule has 0 spiro atoms. The van der Waals surface area contributed by atoms with Gasteiger partial charge in [0.05, 0.1) is 6.10 Å². The van der Waals surface area contributed by atoms with E-state index < -0.39 is 0 Å². The summed E-state index contributed by atoms with van der Waals surface area (Å²) in [4.78, 5) is 4.23. The van der Waals surface area contributed by atoms with Gasteiger partial charge in [-0.25, -0.2) is 0 Å². The molecule has 0 aromatic carbocycles. The highest BCUT2D eigenvalue weighted by molar-refractivity contribution is 5.03. The minimum atomic E-state index is -0.243. The van der Waals surface area contributed by atoms with Crippen molar-refractivity contribution < 1.29 is 5.11 Å². The van der Waals surface area contributed by atoms with Gasteiger partial charge < -0.3 is 10.4 Å². The molecule has 1 atom stereocenters. The van der Waals surface area contributed by atoms with Gasteiger partial charge in [0.2, 0.25) is 0 Å². The number of nitrogens with one attached hydrogen (secondary N) is 1. The first-order valence-electron chi connectivity index (χ1n) is 5.66. The standard InChI is InChI=1S/C12H18N2O/c15-12(9-14-11-4-5-11)7-6-10-3-1-2-8-13-10/h1-3,8,11-12,14-15H,4-7,9H2. The minimum absolute atomic E-state index is 0.243. The smallest absolute Gasteiger partial charge is 0.0668 e. The van der Waals surface area contributed by atoms with Crippen molar-refractivity contribution in [3.05, 3.63) is 30.1 Å². The summed E-state index contributed by atoms with van der Waals surface area (Å²) < 4.78 is 0. The number of hydrogen-bond donors (Lipinski definition) is 2. The summed E-state index contributed by atoms with van der Waals surface area (Å²) in [5.74, 6) is 0. The quantitative estimate of drug-likeness (QED) is 0.733. The molecule has 0 saturated heterocycles. The molecule has 1 heterocycles. The van der Waals surface area contributed by atoms with E-state index in [2.05, 4.69) is 10.3 Å². The van der Waals surface area contributed by atoms with Crippen molar-refractivity contribution >= 4 is 0 Å². The van der Waals surface area contributed by atoms with Crippen LogP contribution in [0.2, 0.25) is 0 Å². The van der Waals surface area contributed by atoms with Crippen LogP contribution in [-0.2, 0) is 6.42 Å². The largest absolute Gasteiger partial charge is 0.392 e. The SMILES string of the molecule is OC(CCc1ccccn1)CNC1CC1. The molecule has 2 rings (SSSR count). The van der Waals surface area contributed by atoms with Crippen LogP contribution in [0.4, 0.5) is 0 Å². The van der Waals surface area contributed by atoms with E-state index in [-0.39, 0.29) is 6.10 Å². The molecule has 3 heteroatoms. The number of hydrogen-bond acceptors (Lipinski definition) is 3. The summed E-state index contributed by atoms with van der Waals surface area (Å²) in [5, 5.41) is 13.0. The fourth-order valence-electron chi connectivity index (χ4n) is 1.55. The van der Waals surface area contributed by atoms with E-state index in [1.54, 1.807) is 6.20 Å². The molecule has 3 nitrogen and oxygen atoms in total. The Morgan fingerprint density at radius 3 is 3.00 bits per heavy atom. The highest BCUT2D eigenvalue weighted by Crippen LogP contribution is 2.18. The average Bonchev–Trinajstić information content (AvgIpc) is 3.09. The maximum absolute atomic E-state index is 9.70. The van der Waals surface area contributed by atoms with Crippen LogP contribution in [0.15, 0.2) is 24.4 Å². The number of rotatable bonds is 6. The normalized spacial score (nSPS) is 17.7. The minimum Gasteiger partial charge on any atom is -0.392 e. The van der Waals surface area contributed by atoms with Gasteiger partial charge in [0.25, 0.3) is 0 Å². The fourth-order valence-corrected chi connectivity index (χ4v) is 1.55. The van der Waals surface area contributed by atoms with Gasteiger partial charge in [-0.15, -0.1) is 0 Å². The van der Waals surface area contributed by atoms with Crippen molar-refractivity contribution in [3.8, 4) is 0 Å². The van der Waals surface area contributed by atoms with Crippen LogP contribution in [0.5, 0.6) is 0 Å². The molecule has 15 heavy (non-hydrogen) atoms. The average molecular weight is 206 g/mol. The summed E-state index contributed by atoms with van der Waals surface area (Å²) in [6.45, 7) is 0.720. The lowest BCUT2D eigenvalue weighted by Crippen LogP contribution is -2.28. The number of aryl methyl sites for hydroxylation is 1. The maximum Gasteiger partial charge on any atom is 0.0668 e. The highest BCUT2D eigenvalue weighted by atomic mass is 16.3. The van der Waals surface area contributed by atoms with Crippen LogP contribution in [0, 0.1) is 0 Å². The molecule has 82 valence electrons. The second-order valence-electron chi connectivity index (χ2n) is 4.20. The second-order valence-corrected chi connectivity index (χ2v) is 4.20. The second kappa shape index (κ2) is 5.24. The van der Waals surface area contributed by atoms with Crippen molar-refractivity contribution in [1.29, 1.82) is 0 Å². The number of aliphatic hydroxyl groups is 1. The Bertz CT molecular complexity index is 285. The number of nitrogens with zero attached hydrogens (tertiary/aromatic N) is 1. The fraction of sp³-hybridized carbons (Fsp3) is 0.583. The summed E-state index contributed by atoms with van der Waals surface area (Å²) in [6, 6.07) is 6.57. The van der Waals surface area contributed by atoms with Gasteiger partial charge in [0.1, 0.15) is 0 Å². The zero-order chi connectivity index (χ0) is 10.5. The molecule has 1 aromatic heterocycles. The van der Waals surface area contributed by atoms with Crippen molar-refractivity contribution in [1.82, 2.24) is 10.3 Å². The van der Waals surface area contributed by atoms with Crippen molar-refractivity contribution in [3.63, 3.8) is 0 Å². The topological polar surface area (TPSA) is 45.2 Å². The van der Waals surface area contributed by atoms with E-state index >= 15 is 0 Å². The molecule has 0 bridgehead atoms. The van der Waals surface area contributed by atoms with Crippen LogP contribution in [0.1, 0.15) is 25.0 Å². The first-order chi connectivity index (χ1) is 7.34. The Hall–Kier alpha value is -0.930. The molecule has 0 aliphatic heterocycles. The highest BCUT2D eigenvalue weighted by Gasteiger charge is 2.21. The van der Waals surface area contributed by atoms with Crippen LogP contribution in [0.25, 0.3) is 0 Å². The van der Waals surface area contributed by atoms with Crippen molar-refractivity contribution in [2.24, 2.45) is 0 Å². The van der Waals surface area contributed by atoms with E-state index in [1.165, 1.54) is 12.8 Å². The zero-order valence-electron chi connectivity index (χ0n) is 8.89. The van der Waals surface area contributed by atoms with Gasteiger partial charge in [-0.2, -0.15) is 0 Å². The third kappa shape index (κ3) is 3.98. The van der Waals surface area contributed by atoms with Gasteiger partial charge in [-0.05, 0) is 37.8 Å². The summed E-state index contributed by atoms with van der Waals surface area (Å²) in [6.07, 6.45) is 5.74. The summed E-state index contributed by atoms with van der Waals surface area (Å²) in [5.41, 5.74) is 1.06. The van der Waals surface area contributed by atoms with Crippen LogP contribution in [-0.4, -0.2) is 28.8 Å². The Morgan fingerprint density at radius 1 is 1.47 bits per heavy atom. The summed E-state index contributed by atoms with van der Waals surface area (Å²) in [7, 11) is 0. The molecule has 1 fully saturated rings. The summed E-state index contributed by atoms with van der Waals surface area (Å²) >= 11 is 0. The molecule has 1 aliphatic rings. The van der Waals surface area contributed by atoms with Crippen LogP contribution in [0.3, 0.4) is 0 Å². The zero-order valence-corrected chi connectivity index (χ0v) is 8.89. The van der Waals surface area contributed by atoms with E-state index in [1.807, 2.05) is 18.2 Å². The Kier molecular flexibility index (Phi) is 3.69. The number of aliphatic hydroxyl groups excluding tert-OH is 1. The molecular formula is C12H18N2O. The van der Waals surface area contributed by atoms with Crippen LogP contribution < -0.4 is 5.32 Å². The molecule has 2 N–H and O–H groups in total. The molecule has 1 aromatic rings. The predicted molar refractivity (Wildman–Crippen MR) is 59.6 cm³/mol. The van der Waals surface area contributed by atoms with Crippen molar-refractivity contribution in [2.45, 2.75) is 37.8 Å². The van der Waals surface area contributed by atoms with E-state index in [4.69, 9.17) is 0 Å². The van der Waals surface area contributed by atoms with Crippen molar-refractivity contribution in [2.75, 3.05) is 6.54 Å². The van der Waals surface area contributed by atoms with Crippen LogP contribution >= 0.6 is 0 Å². The molecule has 1 saturated carbocycles.